The van der Waals surface area contributed by atoms with Crippen molar-refractivity contribution in [2.24, 2.45) is 10.8 Å². The minimum absolute atomic E-state index is 0.0314. The van der Waals surface area contributed by atoms with Crippen molar-refractivity contribution < 1.29 is 54.0 Å². The maximum absolute atomic E-state index is 11.2. The highest BCUT2D eigenvalue weighted by atomic mass is 79.9. The number of methoxy groups -OCH3 is 4. The molecule has 31 heteroatoms. The number of aliphatic imine (C=N–C) groups is 1. The van der Waals surface area contributed by atoms with Gasteiger partial charge in [-0.3, -0.25) is 40.1 Å². The Bertz CT molecular complexity index is 3840. The number of amides is 1. The maximum Gasteiger partial charge on any atom is 0.271 e. The number of isothiocyanates is 1. The predicted octanol–water partition coefficient (Wildman–Crippen LogP) is 13.7. The minimum Gasteiger partial charge on any atom is -0.508 e. The van der Waals surface area contributed by atoms with Crippen LogP contribution in [0.4, 0.5) is 34.1 Å². The van der Waals surface area contributed by atoms with Gasteiger partial charge in [0, 0.05) is 96.8 Å². The van der Waals surface area contributed by atoms with E-state index in [-0.39, 0.29) is 51.8 Å². The third-order valence-corrected chi connectivity index (χ3v) is 16.1. The summed E-state index contributed by atoms with van der Waals surface area (Å²) in [7, 11) is 28.7. The van der Waals surface area contributed by atoms with Crippen molar-refractivity contribution in [2.45, 2.75) is 73.1 Å². The Hall–Kier alpha value is -9.17. The number of ether oxygens (including phenoxy) is 4. The van der Waals surface area contributed by atoms with E-state index in [1.807, 2.05) is 138 Å². The number of carbonyl (C=O) groups is 1. The average molecular weight is 1550 g/mol. The van der Waals surface area contributed by atoms with Crippen LogP contribution >= 0.6 is 40.4 Å². The number of hydrogen-bond donors (Lipinski definition) is 7. The molecule has 0 saturated heterocycles. The van der Waals surface area contributed by atoms with Crippen LogP contribution in [0.5, 0.6) is 46.0 Å². The lowest BCUT2D eigenvalue weighted by atomic mass is 9.98. The van der Waals surface area contributed by atoms with E-state index in [0.717, 1.165) is 90.8 Å². The summed E-state index contributed by atoms with van der Waals surface area (Å²) in [6, 6.07) is 26.1. The van der Waals surface area contributed by atoms with E-state index in [0.29, 0.717) is 37.7 Å². The monoisotopic (exact) mass is 1550 g/mol. The van der Waals surface area contributed by atoms with E-state index >= 15 is 0 Å². The van der Waals surface area contributed by atoms with E-state index in [9.17, 15) is 45.4 Å². The first-order valence-corrected chi connectivity index (χ1v) is 34.9. The van der Waals surface area contributed by atoms with Crippen molar-refractivity contribution in [3.8, 4) is 63.1 Å². The Morgan fingerprint density at radius 2 is 1.02 bits per heavy atom. The molecule has 0 aliphatic carbocycles. The van der Waals surface area contributed by atoms with Crippen LogP contribution in [0.15, 0.2) is 107 Å². The molecule has 0 spiro atoms. The number of anilines is 3. The van der Waals surface area contributed by atoms with Gasteiger partial charge in [-0.15, -0.1) is 0 Å². The molecule has 6 aromatic carbocycles. The number of H-pyrrole nitrogens is 1. The number of rotatable bonds is 27. The standard InChI is InChI=1S/C23H31N5O3S.C13H19N3OS.C12H19N3O3.C10H14N2O3.C7H6BrNO3.C6H15N.C2H6/c1-14(2)16-12-17(20(30)13-19(16)29)22-24-25-23(32)28(22)15-7-8-21(31-6)18(11-15)27(5)10-9-26(3)4;1-15(2)7-8-16(3)12-9-11(14-10-18)5-6-13(12)17-4;1-13(2)7-8-14(3)11-9-10(15(16)17)5-6-12(11)18-4;1-5(2)6-3-7(10(15)12-11)9(14)4-8(6)13;1-12-7-3-2-5(9(10)11)4-6(7)8;1-4-5-6-7(2)3;1-2/h7-8,11-14,29-30H,9-10H2,1-6H3,(H,25,32);2*5-6,9H,7-8H2,1-4H3;3-5,13-14H,11H2,1-2H3,(H,12,15);2-4H,1H3;4-6H2,1-3H3;1-2H3. The van der Waals surface area contributed by atoms with Crippen LogP contribution in [0.3, 0.4) is 0 Å². The summed E-state index contributed by atoms with van der Waals surface area (Å²) >= 11 is 13.3. The van der Waals surface area contributed by atoms with Gasteiger partial charge in [0.05, 0.1) is 87.5 Å². The minimum atomic E-state index is -0.589. The molecule has 104 heavy (non-hydrogen) atoms. The lowest BCUT2D eigenvalue weighted by molar-refractivity contribution is -0.385. The van der Waals surface area contributed by atoms with E-state index in [1.165, 1.54) is 62.9 Å². The number of thiocarbonyl (C=S) groups is 1. The van der Waals surface area contributed by atoms with Crippen LogP contribution in [-0.4, -0.2) is 227 Å². The number of aromatic amines is 1. The number of carbonyl (C=O) groups excluding carboxylic acids is 1. The van der Waals surface area contributed by atoms with Gasteiger partial charge in [-0.1, -0.05) is 54.9 Å². The van der Waals surface area contributed by atoms with Crippen molar-refractivity contribution >= 4 is 85.6 Å². The first kappa shape index (κ1) is 92.8. The molecule has 8 N–H and O–H groups in total. The van der Waals surface area contributed by atoms with Crippen LogP contribution in [0, 0.1) is 25.0 Å². The van der Waals surface area contributed by atoms with Crippen molar-refractivity contribution in [3.63, 3.8) is 0 Å². The Morgan fingerprint density at radius 1 is 0.606 bits per heavy atom. The molecular weight excluding hydrogens is 1440 g/mol. The Kier molecular flexibility index (Phi) is 42.8. The molecule has 574 valence electrons. The second kappa shape index (κ2) is 48.0. The van der Waals surface area contributed by atoms with Gasteiger partial charge in [0.15, 0.2) is 10.6 Å². The molecule has 1 amide bonds. The first-order chi connectivity index (χ1) is 49.0. The number of nitrogens with two attached hydrogens (primary N) is 1. The van der Waals surface area contributed by atoms with E-state index < -0.39 is 15.8 Å². The van der Waals surface area contributed by atoms with Crippen LogP contribution in [0.25, 0.3) is 17.1 Å². The second-order valence-electron chi connectivity index (χ2n) is 24.8. The number of aromatic nitrogens is 3. The molecule has 0 radical (unpaired) electrons. The summed E-state index contributed by atoms with van der Waals surface area (Å²) in [5.41, 5.74) is 8.11. The molecule has 7 aromatic rings. The largest absolute Gasteiger partial charge is 0.508 e. The highest BCUT2D eigenvalue weighted by Crippen LogP contribution is 2.40. The zero-order valence-electron chi connectivity index (χ0n) is 64.4. The van der Waals surface area contributed by atoms with Gasteiger partial charge >= 0.3 is 0 Å². The highest BCUT2D eigenvalue weighted by Gasteiger charge is 2.22. The number of hydrogen-bond acceptors (Lipinski definition) is 25. The SMILES string of the molecule is CC.CC(C)c1cc(C(=O)NN)c(O)cc1O.CCCCN(C)C.COc1ccc(-n2c(-c3cc(C(C)C)c(O)cc3O)n[nH]c2=S)cc1N(C)CCN(C)C.COc1ccc(N=C=S)cc1N(C)CCN(C)C.COc1ccc([N+](=O)[O-])cc1Br.COc1ccc([N+](=O)[O-])cc1N(C)CCN(C)C. The number of benzene rings is 6. The van der Waals surface area contributed by atoms with Gasteiger partial charge in [-0.05, 0) is 193 Å². The summed E-state index contributed by atoms with van der Waals surface area (Å²) in [4.78, 5) is 50.2. The van der Waals surface area contributed by atoms with Crippen LogP contribution in [0.2, 0.25) is 0 Å². The summed E-state index contributed by atoms with van der Waals surface area (Å²) < 4.78 is 23.8. The number of nitrogens with one attached hydrogen (secondary N) is 2. The molecule has 0 saturated carbocycles. The summed E-state index contributed by atoms with van der Waals surface area (Å²) in [5.74, 6) is 7.42. The molecule has 1 aromatic heterocycles. The number of hydrazine groups is 1. The topological polar surface area (TPSA) is 328 Å². The molecule has 1 heterocycles. The van der Waals surface area contributed by atoms with Gasteiger partial charge in [0.25, 0.3) is 17.3 Å². The zero-order chi connectivity index (χ0) is 79.2. The van der Waals surface area contributed by atoms with Crippen molar-refractivity contribution in [2.75, 3.05) is 166 Å². The Morgan fingerprint density at radius 3 is 1.42 bits per heavy atom. The second-order valence-corrected chi connectivity index (χ2v) is 26.2. The van der Waals surface area contributed by atoms with Gasteiger partial charge in [0.1, 0.15) is 46.0 Å². The van der Waals surface area contributed by atoms with Gasteiger partial charge in [0.2, 0.25) is 0 Å². The first-order valence-electron chi connectivity index (χ1n) is 33.3. The van der Waals surface area contributed by atoms with Crippen molar-refractivity contribution in [3.05, 3.63) is 143 Å². The van der Waals surface area contributed by atoms with Crippen molar-refractivity contribution in [1.29, 1.82) is 0 Å². The average Bonchev–Trinajstić information content (AvgIpc) is 1.56. The highest BCUT2D eigenvalue weighted by molar-refractivity contribution is 9.10. The predicted molar refractivity (Wildman–Crippen MR) is 429 cm³/mol. The molecule has 7 rings (SSSR count). The number of unbranched alkanes of at least 4 members (excludes halogenated alkanes) is 1. The summed E-state index contributed by atoms with van der Waals surface area (Å²) in [6.45, 7) is 20.4. The van der Waals surface area contributed by atoms with Gasteiger partial charge in [-0.25, -0.2) is 5.84 Å². The smallest absolute Gasteiger partial charge is 0.271 e. The number of aromatic hydroxyl groups is 4. The number of nitrogen functional groups attached to an aromatic ring is 1. The third kappa shape index (κ3) is 30.6. The maximum atomic E-state index is 11.2. The van der Waals surface area contributed by atoms with Gasteiger partial charge < -0.3 is 73.7 Å². The molecule has 0 fully saturated rings. The van der Waals surface area contributed by atoms with Crippen LogP contribution in [0.1, 0.15) is 94.6 Å². The van der Waals surface area contributed by atoms with Crippen LogP contribution < -0.4 is 44.9 Å². The number of phenolic OH excluding ortho intramolecular Hbond substituents is 4. The fourth-order valence-electron chi connectivity index (χ4n) is 9.23. The molecule has 0 unspecified atom stereocenters. The molecule has 0 bridgehead atoms. The normalized spacial score (nSPS) is 10.4. The zero-order valence-corrected chi connectivity index (χ0v) is 67.6. The number of nitro benzene ring substituents is 2. The van der Waals surface area contributed by atoms with Crippen LogP contribution in [-0.2, 0) is 0 Å². The third-order valence-electron chi connectivity index (χ3n) is 15.1. The molecular formula is C73H110BrN15O13S2. The van der Waals surface area contributed by atoms with E-state index in [1.54, 1.807) is 44.1 Å². The fraction of sp³-hybridized carbons (Fsp3) is 0.452. The number of nitrogens with zero attached hydrogens (tertiary/aromatic N) is 12. The number of phenols is 4. The van der Waals surface area contributed by atoms with Crippen molar-refractivity contribution in [1.82, 2.24) is 39.8 Å². The number of likely N-dealkylation sites (N-methyl/N-ethyl adjacent to an activating group) is 6. The molecule has 0 aliphatic heterocycles. The lowest BCUT2D eigenvalue weighted by Gasteiger charge is -2.24. The summed E-state index contributed by atoms with van der Waals surface area (Å²) in [6.07, 6.45) is 2.63. The molecule has 0 aliphatic rings. The summed E-state index contributed by atoms with van der Waals surface area (Å²) in [5, 5.41) is 70.4. The molecule has 28 nitrogen and oxygen atoms in total. The number of nitro groups is 2. The fourth-order valence-corrected chi connectivity index (χ4v) is 10.1. The Labute approximate surface area is 632 Å². The Balaban J connectivity index is 0.000000656. The van der Waals surface area contributed by atoms with Gasteiger partial charge in [-0.2, -0.15) is 10.1 Å². The quantitative estimate of drug-likeness (QED) is 0.00628. The van der Waals surface area contributed by atoms with E-state index in [2.05, 4.69) is 113 Å². The molecule has 0 atom stereocenters. The number of halogens is 1. The van der Waals surface area contributed by atoms with E-state index in [4.69, 9.17) is 37.0 Å². The lowest BCUT2D eigenvalue weighted by Crippen LogP contribution is -2.30. The number of non-ortho nitro benzene ring substituents is 2.